The highest BCUT2D eigenvalue weighted by Crippen LogP contribution is 2.38. The van der Waals surface area contributed by atoms with Crippen molar-refractivity contribution in [2.75, 3.05) is 20.8 Å². The SMILES string of the molecule is C=C1[C@H](C)C[C@H](C)/C=C/C=C/C=C(\C)[C@@H](OC)C[C@@H]2CC[C@@H](C)[C@@](O)(O2)C(=O)C(=O)N2CCCC[C@H]2C(=O)O[C@H]([C@H](C)C[C@@H]2CC[C@@H](OC(C)C)[C@H](OC)C2)CC(=O)[C@H](C)/C=C(\C)[C@@H](O)[C@H]1C. The maximum absolute atomic E-state index is 14.5. The minimum Gasteiger partial charge on any atom is -0.460 e. The number of nitrogens with zero attached hydrogens (tertiary/aromatic N) is 1. The van der Waals surface area contributed by atoms with Gasteiger partial charge in [-0.15, -0.1) is 0 Å². The highest BCUT2D eigenvalue weighted by atomic mass is 16.6. The third-order valence-corrected chi connectivity index (χ3v) is 15.3. The van der Waals surface area contributed by atoms with Crippen molar-refractivity contribution in [1.82, 2.24) is 4.90 Å². The number of methoxy groups -OCH3 is 2. The van der Waals surface area contributed by atoms with Crippen LogP contribution in [0.25, 0.3) is 0 Å². The molecule has 0 spiro atoms. The molecule has 0 aromatic heterocycles. The maximum atomic E-state index is 14.5. The molecule has 0 radical (unpaired) electrons. The van der Waals surface area contributed by atoms with E-state index in [1.807, 2.05) is 65.8 Å². The fourth-order valence-corrected chi connectivity index (χ4v) is 10.8. The quantitative estimate of drug-likeness (QED) is 0.142. The zero-order valence-corrected chi connectivity index (χ0v) is 43.0. The van der Waals surface area contributed by atoms with Crippen LogP contribution in [0, 0.1) is 41.4 Å². The van der Waals surface area contributed by atoms with E-state index in [-0.39, 0.29) is 79.2 Å². The topological polar surface area (TPSA) is 158 Å². The standard InChI is InChI=1S/C55H87NO11/c1-33(2)65-47-25-23-43(30-50(47)64-13)29-38(7)49-32-46(57)37(6)28-39(8)51(58)42(11)41(10)36(5)27-34(3)19-15-14-16-20-35(4)48(63-12)31-44-24-22-40(9)55(62,67-44)52(59)53(60)56-26-18-17-21-45(56)54(61)66-49/h14-16,19-20,28,33-34,36-38,40,42-45,47-51,58,62H,10,17-18,21-27,29-32H2,1-9,11-13H3/b16-14+,19-15+,35-20+,39-28+/t34-,36-,37-,38-,40-,42+,43+,44+,45+,47-,48+,49+,50-,51-,55-/m1/s1. The number of amides is 1. The number of aliphatic hydroxyl groups excluding tert-OH is 1. The first-order valence-corrected chi connectivity index (χ1v) is 25.4. The van der Waals surface area contributed by atoms with E-state index in [1.165, 1.54) is 4.90 Å². The van der Waals surface area contributed by atoms with Gasteiger partial charge in [0.05, 0.1) is 36.6 Å². The number of hydrogen-bond acceptors (Lipinski definition) is 11. The van der Waals surface area contributed by atoms with Gasteiger partial charge < -0.3 is 38.8 Å². The Kier molecular flexibility index (Phi) is 21.9. The molecular formula is C55H87NO11. The molecule has 3 fully saturated rings. The van der Waals surface area contributed by atoms with Crippen molar-refractivity contribution in [2.45, 2.75) is 201 Å². The first-order chi connectivity index (χ1) is 31.6. The van der Waals surface area contributed by atoms with Crippen molar-refractivity contribution >= 4 is 23.4 Å². The molecule has 2 N–H and O–H groups in total. The van der Waals surface area contributed by atoms with Crippen molar-refractivity contribution in [1.29, 1.82) is 0 Å². The average Bonchev–Trinajstić information content (AvgIpc) is 3.29. The van der Waals surface area contributed by atoms with E-state index in [9.17, 15) is 29.4 Å². The molecule has 1 aliphatic carbocycles. The Morgan fingerprint density at radius 1 is 0.866 bits per heavy atom. The van der Waals surface area contributed by atoms with Gasteiger partial charge in [0.25, 0.3) is 11.7 Å². The van der Waals surface area contributed by atoms with Gasteiger partial charge in [-0.1, -0.05) is 90.2 Å². The zero-order valence-electron chi connectivity index (χ0n) is 43.0. The third-order valence-electron chi connectivity index (χ3n) is 15.3. The summed E-state index contributed by atoms with van der Waals surface area (Å²) in [6, 6.07) is -1.09. The normalized spacial score (nSPS) is 39.7. The van der Waals surface area contributed by atoms with E-state index in [1.54, 1.807) is 34.1 Å². The molecule has 67 heavy (non-hydrogen) atoms. The Morgan fingerprint density at radius 3 is 2.25 bits per heavy atom. The monoisotopic (exact) mass is 938 g/mol. The predicted molar refractivity (Wildman–Crippen MR) is 262 cm³/mol. The first kappa shape index (κ1) is 56.3. The van der Waals surface area contributed by atoms with Crippen LogP contribution in [0.15, 0.2) is 59.8 Å². The molecule has 15 atom stereocenters. The predicted octanol–water partition coefficient (Wildman–Crippen LogP) is 9.22. The molecule has 12 heteroatoms. The number of rotatable bonds is 7. The number of allylic oxidation sites excluding steroid dienone is 6. The molecule has 4 aliphatic rings. The number of fused-ring (bicyclic) bond motifs is 3. The Hall–Kier alpha value is -3.26. The summed E-state index contributed by atoms with van der Waals surface area (Å²) in [5.74, 6) is -6.50. The Morgan fingerprint density at radius 2 is 1.58 bits per heavy atom. The van der Waals surface area contributed by atoms with Crippen molar-refractivity contribution in [3.63, 3.8) is 0 Å². The number of hydrogen-bond donors (Lipinski definition) is 2. The number of esters is 1. The maximum Gasteiger partial charge on any atom is 0.329 e. The third kappa shape index (κ3) is 15.4. The highest BCUT2D eigenvalue weighted by Gasteiger charge is 2.53. The number of ether oxygens (including phenoxy) is 5. The smallest absolute Gasteiger partial charge is 0.329 e. The van der Waals surface area contributed by atoms with E-state index in [0.29, 0.717) is 44.1 Å². The van der Waals surface area contributed by atoms with Crippen LogP contribution in [0.2, 0.25) is 0 Å². The van der Waals surface area contributed by atoms with Crippen LogP contribution in [-0.4, -0.2) is 114 Å². The summed E-state index contributed by atoms with van der Waals surface area (Å²) < 4.78 is 30.5. The molecule has 0 unspecified atom stereocenters. The zero-order chi connectivity index (χ0) is 49.7. The number of carbonyl (C=O) groups is 4. The lowest BCUT2D eigenvalue weighted by Crippen LogP contribution is -2.61. The first-order valence-electron chi connectivity index (χ1n) is 25.4. The molecular weight excluding hydrogens is 851 g/mol. The summed E-state index contributed by atoms with van der Waals surface area (Å²) in [4.78, 5) is 58.5. The van der Waals surface area contributed by atoms with Crippen molar-refractivity contribution in [3.05, 3.63) is 59.8 Å². The Balaban J connectivity index is 1.69. The van der Waals surface area contributed by atoms with Crippen LogP contribution in [0.1, 0.15) is 146 Å². The fourth-order valence-electron chi connectivity index (χ4n) is 10.8. The van der Waals surface area contributed by atoms with E-state index >= 15 is 0 Å². The van der Waals surface area contributed by atoms with E-state index < -0.39 is 59.6 Å². The molecule has 1 amide bonds. The molecule has 2 saturated heterocycles. The van der Waals surface area contributed by atoms with Gasteiger partial charge in [0, 0.05) is 51.4 Å². The van der Waals surface area contributed by atoms with Gasteiger partial charge in [-0.25, -0.2) is 4.79 Å². The van der Waals surface area contributed by atoms with E-state index in [2.05, 4.69) is 26.5 Å². The fraction of sp³-hybridized carbons (Fsp3) is 0.745. The van der Waals surface area contributed by atoms with Crippen molar-refractivity contribution < 1.29 is 53.1 Å². The number of cyclic esters (lactones) is 1. The summed E-state index contributed by atoms with van der Waals surface area (Å²) >= 11 is 0. The van der Waals surface area contributed by atoms with Gasteiger partial charge >= 0.3 is 5.97 Å². The Bertz CT molecular complexity index is 1800. The van der Waals surface area contributed by atoms with E-state index in [0.717, 1.165) is 36.8 Å². The van der Waals surface area contributed by atoms with Crippen molar-refractivity contribution in [3.8, 4) is 0 Å². The molecule has 2 bridgehead atoms. The van der Waals surface area contributed by atoms with Gasteiger partial charge in [-0.3, -0.25) is 14.4 Å². The van der Waals surface area contributed by atoms with Gasteiger partial charge in [-0.05, 0) is 127 Å². The largest absolute Gasteiger partial charge is 0.460 e. The number of carbonyl (C=O) groups excluding carboxylic acids is 4. The van der Waals surface area contributed by atoms with Crippen LogP contribution in [-0.2, 0) is 42.9 Å². The van der Waals surface area contributed by atoms with Gasteiger partial charge in [-0.2, -0.15) is 0 Å². The highest BCUT2D eigenvalue weighted by molar-refractivity contribution is 6.39. The van der Waals surface area contributed by atoms with Crippen LogP contribution in [0.4, 0.5) is 0 Å². The Labute approximate surface area is 403 Å². The molecule has 4 rings (SSSR count). The summed E-state index contributed by atoms with van der Waals surface area (Å²) in [6.45, 7) is 24.1. The second-order valence-corrected chi connectivity index (χ2v) is 21.1. The molecule has 378 valence electrons. The lowest BCUT2D eigenvalue weighted by molar-refractivity contribution is -0.265. The van der Waals surface area contributed by atoms with Crippen LogP contribution in [0.5, 0.6) is 0 Å². The van der Waals surface area contributed by atoms with Crippen LogP contribution >= 0.6 is 0 Å². The number of aliphatic hydroxyl groups is 2. The molecule has 12 nitrogen and oxygen atoms in total. The summed E-state index contributed by atoms with van der Waals surface area (Å²) in [5, 5.41) is 23.6. The summed E-state index contributed by atoms with van der Waals surface area (Å²) in [5.41, 5.74) is 2.54. The lowest BCUT2D eigenvalue weighted by Gasteiger charge is -2.42. The molecule has 0 aromatic carbocycles. The lowest BCUT2D eigenvalue weighted by atomic mass is 9.78. The van der Waals surface area contributed by atoms with Gasteiger partial charge in [0.1, 0.15) is 17.9 Å². The van der Waals surface area contributed by atoms with Crippen molar-refractivity contribution in [2.24, 2.45) is 41.4 Å². The van der Waals surface area contributed by atoms with E-state index in [4.69, 9.17) is 23.7 Å². The number of Topliss-reactive ketones (excluding diaryl/α,β-unsaturated/α-hetero) is 2. The van der Waals surface area contributed by atoms with Gasteiger partial charge in [0.15, 0.2) is 0 Å². The van der Waals surface area contributed by atoms with Crippen LogP contribution in [0.3, 0.4) is 0 Å². The average molecular weight is 938 g/mol. The minimum atomic E-state index is -2.40. The molecule has 3 heterocycles. The number of ketones is 2. The minimum absolute atomic E-state index is 0.0176. The summed E-state index contributed by atoms with van der Waals surface area (Å²) in [7, 11) is 3.31. The molecule has 1 saturated carbocycles. The number of piperidine rings is 1. The second kappa shape index (κ2) is 26.1. The van der Waals surface area contributed by atoms with Gasteiger partial charge in [0.2, 0.25) is 5.79 Å². The molecule has 3 aliphatic heterocycles. The second-order valence-electron chi connectivity index (χ2n) is 21.1. The summed E-state index contributed by atoms with van der Waals surface area (Å²) in [6.07, 6.45) is 15.9. The molecule has 0 aromatic rings. The van der Waals surface area contributed by atoms with Crippen LogP contribution < -0.4 is 0 Å².